The Morgan fingerprint density at radius 1 is 1.19 bits per heavy atom. The van der Waals surface area contributed by atoms with Gasteiger partial charge in [0.05, 0.1) is 0 Å². The first kappa shape index (κ1) is 18.1. The lowest BCUT2D eigenvalue weighted by Gasteiger charge is -2.34. The lowest BCUT2D eigenvalue weighted by atomic mass is 10.0. The first-order valence-electron chi connectivity index (χ1n) is 8.37. The Morgan fingerprint density at radius 3 is 2.65 bits per heavy atom. The Bertz CT molecular complexity index is 753. The second-order valence-corrected chi connectivity index (χ2v) is 6.14. The zero-order valence-corrected chi connectivity index (χ0v) is 14.0. The van der Waals surface area contributed by atoms with Crippen LogP contribution in [-0.4, -0.2) is 31.7 Å². The molecule has 7 heteroatoms. The molecule has 1 aliphatic rings. The Balaban J connectivity index is 1.60. The van der Waals surface area contributed by atoms with Crippen LogP contribution in [0, 0.1) is 5.82 Å². The highest BCUT2D eigenvalue weighted by Gasteiger charge is 2.22. The average molecular weight is 364 g/mol. The zero-order valence-electron chi connectivity index (χ0n) is 14.0. The van der Waals surface area contributed by atoms with Crippen molar-refractivity contribution in [2.45, 2.75) is 25.5 Å². The second kappa shape index (κ2) is 8.12. The van der Waals surface area contributed by atoms with Crippen LogP contribution in [0.1, 0.15) is 23.2 Å². The summed E-state index contributed by atoms with van der Waals surface area (Å²) < 4.78 is 42.0. The van der Waals surface area contributed by atoms with Gasteiger partial charge in [0.25, 0.3) is 5.91 Å². The fourth-order valence-electron chi connectivity index (χ4n) is 3.06. The number of nitrogens with zero attached hydrogens (tertiary/aromatic N) is 1. The topological polar surface area (TPSA) is 41.6 Å². The first-order chi connectivity index (χ1) is 12.5. The summed E-state index contributed by atoms with van der Waals surface area (Å²) in [5.74, 6) is -0.564. The van der Waals surface area contributed by atoms with Gasteiger partial charge in [-0.15, -0.1) is 0 Å². The summed E-state index contributed by atoms with van der Waals surface area (Å²) in [5.41, 5.74) is 1.16. The fourth-order valence-corrected chi connectivity index (χ4v) is 3.06. The molecule has 1 saturated heterocycles. The molecule has 1 heterocycles. The van der Waals surface area contributed by atoms with Crippen LogP contribution in [0.3, 0.4) is 0 Å². The van der Waals surface area contributed by atoms with Crippen LogP contribution in [0.2, 0.25) is 0 Å². The Hall–Kier alpha value is -2.70. The Labute approximate surface area is 149 Å². The van der Waals surface area contributed by atoms with Gasteiger partial charge in [-0.05, 0) is 55.3 Å². The summed E-state index contributed by atoms with van der Waals surface area (Å²) >= 11 is 0. The number of anilines is 1. The third-order valence-electron chi connectivity index (χ3n) is 4.27. The van der Waals surface area contributed by atoms with Crippen LogP contribution in [0.4, 0.5) is 18.9 Å². The van der Waals surface area contributed by atoms with Crippen molar-refractivity contribution in [2.75, 3.05) is 18.0 Å². The van der Waals surface area contributed by atoms with Crippen LogP contribution < -0.4 is 15.0 Å². The maximum atomic E-state index is 13.4. The standard InChI is InChI=1S/C19H19F3N2O2/c20-14-3-1-5-16(11-14)24-10-2-4-15(12-24)23-18(25)13-6-8-17(9-7-13)26-19(21)22/h1,3,5-9,11,15,19H,2,4,10,12H2,(H,23,25). The van der Waals surface area contributed by atoms with Gasteiger partial charge in [0, 0.05) is 30.4 Å². The highest BCUT2D eigenvalue weighted by atomic mass is 19.3. The van der Waals surface area contributed by atoms with Crippen LogP contribution in [0.25, 0.3) is 0 Å². The molecule has 0 saturated carbocycles. The van der Waals surface area contributed by atoms with Gasteiger partial charge in [0.2, 0.25) is 0 Å². The zero-order chi connectivity index (χ0) is 18.5. The summed E-state index contributed by atoms with van der Waals surface area (Å²) in [6.07, 6.45) is 1.70. The minimum Gasteiger partial charge on any atom is -0.435 e. The second-order valence-electron chi connectivity index (χ2n) is 6.14. The van der Waals surface area contributed by atoms with Crippen LogP contribution in [-0.2, 0) is 0 Å². The number of amides is 1. The predicted molar refractivity (Wildman–Crippen MR) is 92.2 cm³/mol. The van der Waals surface area contributed by atoms with E-state index in [1.807, 2.05) is 11.0 Å². The molecule has 1 N–H and O–H groups in total. The minimum absolute atomic E-state index is 0.00601. The molecule has 0 aliphatic carbocycles. The normalized spacial score (nSPS) is 17.2. The molecule has 1 atom stereocenters. The van der Waals surface area contributed by atoms with Gasteiger partial charge >= 0.3 is 6.61 Å². The largest absolute Gasteiger partial charge is 0.435 e. The molecule has 1 aliphatic heterocycles. The molecule has 26 heavy (non-hydrogen) atoms. The van der Waals surface area contributed by atoms with Gasteiger partial charge in [0.15, 0.2) is 0 Å². The van der Waals surface area contributed by atoms with E-state index in [4.69, 9.17) is 0 Å². The van der Waals surface area contributed by atoms with Crippen molar-refractivity contribution < 1.29 is 22.7 Å². The summed E-state index contributed by atoms with van der Waals surface area (Å²) in [7, 11) is 0. The molecule has 0 spiro atoms. The van der Waals surface area contributed by atoms with E-state index < -0.39 is 6.61 Å². The molecule has 1 amide bonds. The number of hydrogen-bond donors (Lipinski definition) is 1. The number of nitrogens with one attached hydrogen (secondary N) is 1. The van der Waals surface area contributed by atoms with Gasteiger partial charge in [-0.2, -0.15) is 8.78 Å². The minimum atomic E-state index is -2.90. The Kier molecular flexibility index (Phi) is 5.65. The summed E-state index contributed by atoms with van der Waals surface area (Å²) in [6.45, 7) is -1.51. The van der Waals surface area contributed by atoms with Crippen molar-refractivity contribution in [3.05, 3.63) is 59.9 Å². The van der Waals surface area contributed by atoms with E-state index in [-0.39, 0.29) is 23.5 Å². The first-order valence-corrected chi connectivity index (χ1v) is 8.37. The highest BCUT2D eigenvalue weighted by Crippen LogP contribution is 2.21. The molecule has 0 radical (unpaired) electrons. The number of halogens is 3. The third-order valence-corrected chi connectivity index (χ3v) is 4.27. The molecule has 0 aromatic heterocycles. The maximum absolute atomic E-state index is 13.4. The predicted octanol–water partition coefficient (Wildman–Crippen LogP) is 3.83. The molecule has 0 bridgehead atoms. The number of ether oxygens (including phenoxy) is 1. The van der Waals surface area contributed by atoms with Gasteiger partial charge in [-0.25, -0.2) is 4.39 Å². The maximum Gasteiger partial charge on any atom is 0.387 e. The molecule has 3 rings (SSSR count). The molecule has 2 aromatic carbocycles. The number of alkyl halides is 2. The SMILES string of the molecule is O=C(NC1CCCN(c2cccc(F)c2)C1)c1ccc(OC(F)F)cc1. The molecular weight excluding hydrogens is 345 g/mol. The summed E-state index contributed by atoms with van der Waals surface area (Å²) in [4.78, 5) is 14.4. The molecule has 1 unspecified atom stereocenters. The van der Waals surface area contributed by atoms with E-state index in [1.54, 1.807) is 6.07 Å². The summed E-state index contributed by atoms with van der Waals surface area (Å²) in [6, 6.07) is 11.9. The molecular formula is C19H19F3N2O2. The van der Waals surface area contributed by atoms with Gasteiger partial charge in [-0.3, -0.25) is 4.79 Å². The molecule has 138 valence electrons. The Morgan fingerprint density at radius 2 is 1.96 bits per heavy atom. The highest BCUT2D eigenvalue weighted by molar-refractivity contribution is 5.94. The van der Waals surface area contributed by atoms with E-state index >= 15 is 0 Å². The van der Waals surface area contributed by atoms with E-state index in [2.05, 4.69) is 10.1 Å². The average Bonchev–Trinajstić information content (AvgIpc) is 2.62. The van der Waals surface area contributed by atoms with E-state index in [0.29, 0.717) is 12.1 Å². The number of carbonyl (C=O) groups excluding carboxylic acids is 1. The van der Waals surface area contributed by atoms with Crippen molar-refractivity contribution in [2.24, 2.45) is 0 Å². The van der Waals surface area contributed by atoms with E-state index in [9.17, 15) is 18.0 Å². The van der Waals surface area contributed by atoms with Gasteiger partial charge in [0.1, 0.15) is 11.6 Å². The molecule has 1 fully saturated rings. The van der Waals surface area contributed by atoms with Crippen LogP contribution in [0.15, 0.2) is 48.5 Å². The van der Waals surface area contributed by atoms with Crippen molar-refractivity contribution in [3.63, 3.8) is 0 Å². The number of benzene rings is 2. The number of carbonyl (C=O) groups is 1. The van der Waals surface area contributed by atoms with E-state index in [0.717, 1.165) is 25.1 Å². The lowest BCUT2D eigenvalue weighted by Crippen LogP contribution is -2.47. The van der Waals surface area contributed by atoms with Gasteiger partial charge in [-0.1, -0.05) is 6.07 Å². The summed E-state index contributed by atoms with van der Waals surface area (Å²) in [5, 5.41) is 2.95. The fraction of sp³-hybridized carbons (Fsp3) is 0.316. The van der Waals surface area contributed by atoms with Crippen molar-refractivity contribution in [1.82, 2.24) is 5.32 Å². The number of hydrogen-bond acceptors (Lipinski definition) is 3. The lowest BCUT2D eigenvalue weighted by molar-refractivity contribution is -0.0498. The van der Waals surface area contributed by atoms with Crippen molar-refractivity contribution in [3.8, 4) is 5.75 Å². The number of rotatable bonds is 5. The van der Waals surface area contributed by atoms with Crippen molar-refractivity contribution >= 4 is 11.6 Å². The molecule has 2 aromatic rings. The third kappa shape index (κ3) is 4.68. The monoisotopic (exact) mass is 364 g/mol. The smallest absolute Gasteiger partial charge is 0.387 e. The van der Waals surface area contributed by atoms with Crippen molar-refractivity contribution in [1.29, 1.82) is 0 Å². The number of piperidine rings is 1. The van der Waals surface area contributed by atoms with Gasteiger partial charge < -0.3 is 15.0 Å². The van der Waals surface area contributed by atoms with E-state index in [1.165, 1.54) is 36.4 Å². The van der Waals surface area contributed by atoms with Crippen LogP contribution in [0.5, 0.6) is 5.75 Å². The molecule has 4 nitrogen and oxygen atoms in total. The van der Waals surface area contributed by atoms with Crippen LogP contribution >= 0.6 is 0 Å². The quantitative estimate of drug-likeness (QED) is 0.877.